The molecule has 4 rings (SSSR count). The van der Waals surface area contributed by atoms with Crippen molar-refractivity contribution in [1.82, 2.24) is 0 Å². The van der Waals surface area contributed by atoms with E-state index in [1.807, 2.05) is 0 Å². The van der Waals surface area contributed by atoms with Crippen molar-refractivity contribution in [2.45, 2.75) is 78.6 Å². The van der Waals surface area contributed by atoms with Crippen LogP contribution < -0.4 is 0 Å². The molecule has 0 radical (unpaired) electrons. The maximum absolute atomic E-state index is 14.9. The summed E-state index contributed by atoms with van der Waals surface area (Å²) in [4.78, 5) is 0. The zero-order chi connectivity index (χ0) is 21.4. The van der Waals surface area contributed by atoms with E-state index in [9.17, 15) is 17.6 Å². The molecule has 0 bridgehead atoms. The molecule has 0 spiro atoms. The fourth-order valence-corrected chi connectivity index (χ4v) is 5.60. The minimum atomic E-state index is -1.14. The summed E-state index contributed by atoms with van der Waals surface area (Å²) in [7, 11) is 0. The highest BCUT2D eigenvalue weighted by atomic mass is 19.2. The molecule has 2 aromatic carbocycles. The summed E-state index contributed by atoms with van der Waals surface area (Å²) in [6.07, 6.45) is 9.05. The fraction of sp³-hybridized carbons (Fsp3) is 0.556. The van der Waals surface area contributed by atoms with E-state index in [1.165, 1.54) is 50.8 Å². The van der Waals surface area contributed by atoms with Crippen LogP contribution in [0.15, 0.2) is 24.3 Å². The first-order chi connectivity index (χ1) is 14.4. The second kappa shape index (κ2) is 9.75. The van der Waals surface area contributed by atoms with Crippen LogP contribution in [0.1, 0.15) is 85.6 Å². The molecule has 0 aliphatic heterocycles. The first kappa shape index (κ1) is 23.8. The van der Waals surface area contributed by atoms with E-state index in [0.717, 1.165) is 37.5 Å². The second-order valence-electron chi connectivity index (χ2n) is 9.52. The Labute approximate surface area is 187 Å². The van der Waals surface area contributed by atoms with Gasteiger partial charge in [0.2, 0.25) is 0 Å². The molecule has 2 aromatic rings. The minimum Gasteiger partial charge on any atom is -0.203 e. The first-order valence-electron chi connectivity index (χ1n) is 11.3. The van der Waals surface area contributed by atoms with Gasteiger partial charge in [-0.25, -0.2) is 17.6 Å². The van der Waals surface area contributed by atoms with Gasteiger partial charge in [0.15, 0.2) is 23.3 Å². The molecule has 0 nitrogen and oxygen atoms in total. The molecule has 0 saturated heterocycles. The smallest absolute Gasteiger partial charge is 0.167 e. The van der Waals surface area contributed by atoms with E-state index < -0.39 is 23.3 Å². The fourth-order valence-electron chi connectivity index (χ4n) is 5.60. The van der Waals surface area contributed by atoms with Crippen LogP contribution in [-0.4, -0.2) is 0 Å². The van der Waals surface area contributed by atoms with Crippen molar-refractivity contribution >= 4 is 0 Å². The highest BCUT2D eigenvalue weighted by molar-refractivity contribution is 5.66. The number of hydrogen-bond acceptors (Lipinski definition) is 0. The molecular formula is C27H38F4. The molecule has 0 N–H and O–H groups in total. The van der Waals surface area contributed by atoms with Gasteiger partial charge in [0.05, 0.1) is 0 Å². The van der Waals surface area contributed by atoms with Crippen LogP contribution in [0.2, 0.25) is 0 Å². The summed E-state index contributed by atoms with van der Waals surface area (Å²) in [6, 6.07) is 5.65. The van der Waals surface area contributed by atoms with E-state index in [1.54, 1.807) is 6.07 Å². The SMILES string of the molecule is C.Cc1ccc(-c2ccc(C3CCC(C4CCC(C)CC4)CC3)c(F)c2F)c(F)c1F.[HH].[HH]. The van der Waals surface area contributed by atoms with Crippen LogP contribution in [0.5, 0.6) is 0 Å². The Morgan fingerprint density at radius 2 is 1.13 bits per heavy atom. The van der Waals surface area contributed by atoms with Crippen molar-refractivity contribution in [3.8, 4) is 11.1 Å². The third-order valence-electron chi connectivity index (χ3n) is 7.62. The van der Waals surface area contributed by atoms with E-state index in [4.69, 9.17) is 0 Å². The van der Waals surface area contributed by atoms with Crippen LogP contribution in [-0.2, 0) is 0 Å². The molecule has 4 heteroatoms. The Bertz CT molecular complexity index is 915. The monoisotopic (exact) mass is 438 g/mol. The summed E-state index contributed by atoms with van der Waals surface area (Å²) >= 11 is 0. The zero-order valence-electron chi connectivity index (χ0n) is 17.8. The van der Waals surface area contributed by atoms with Crippen molar-refractivity contribution < 1.29 is 20.4 Å². The molecule has 0 atom stereocenters. The quantitative estimate of drug-likeness (QED) is 0.419. The summed E-state index contributed by atoms with van der Waals surface area (Å²) in [6.45, 7) is 3.76. The summed E-state index contributed by atoms with van der Waals surface area (Å²) in [5.41, 5.74) is 0.0480. The van der Waals surface area contributed by atoms with Crippen molar-refractivity contribution in [2.75, 3.05) is 0 Å². The van der Waals surface area contributed by atoms with Gasteiger partial charge in [0, 0.05) is 14.0 Å². The van der Waals surface area contributed by atoms with Crippen LogP contribution in [0, 0.1) is 47.9 Å². The highest BCUT2D eigenvalue weighted by Crippen LogP contribution is 2.45. The first-order valence-corrected chi connectivity index (χ1v) is 11.3. The summed E-state index contributed by atoms with van der Waals surface area (Å²) in [5.74, 6) is -1.85. The van der Waals surface area contributed by atoms with E-state index in [2.05, 4.69) is 6.92 Å². The number of benzene rings is 2. The topological polar surface area (TPSA) is 0 Å². The molecular weight excluding hydrogens is 400 g/mol. The third kappa shape index (κ3) is 4.68. The van der Waals surface area contributed by atoms with E-state index in [-0.39, 0.29) is 32.9 Å². The lowest BCUT2D eigenvalue weighted by Crippen LogP contribution is -2.25. The van der Waals surface area contributed by atoms with Crippen molar-refractivity contribution in [3.05, 3.63) is 58.7 Å². The molecule has 2 aliphatic rings. The van der Waals surface area contributed by atoms with Gasteiger partial charge < -0.3 is 0 Å². The van der Waals surface area contributed by atoms with Gasteiger partial charge in [0.25, 0.3) is 0 Å². The Kier molecular flexibility index (Phi) is 7.49. The van der Waals surface area contributed by atoms with Crippen LogP contribution >= 0.6 is 0 Å². The minimum absolute atomic E-state index is 0. The highest BCUT2D eigenvalue weighted by Gasteiger charge is 2.32. The molecule has 2 saturated carbocycles. The summed E-state index contributed by atoms with van der Waals surface area (Å²) in [5, 5.41) is 0. The van der Waals surface area contributed by atoms with Crippen LogP contribution in [0.3, 0.4) is 0 Å². The van der Waals surface area contributed by atoms with Crippen molar-refractivity contribution in [1.29, 1.82) is 0 Å². The van der Waals surface area contributed by atoms with Gasteiger partial charge in [-0.05, 0) is 80.2 Å². The molecule has 0 aromatic heterocycles. The average molecular weight is 439 g/mol. The summed E-state index contributed by atoms with van der Waals surface area (Å²) < 4.78 is 58.0. The predicted octanol–water partition coefficient (Wildman–Crippen LogP) is 9.45. The molecule has 2 aliphatic carbocycles. The third-order valence-corrected chi connectivity index (χ3v) is 7.62. The number of hydrogen-bond donors (Lipinski definition) is 0. The second-order valence-corrected chi connectivity index (χ2v) is 9.52. The number of halogens is 4. The lowest BCUT2D eigenvalue weighted by atomic mass is 9.68. The molecule has 174 valence electrons. The van der Waals surface area contributed by atoms with Gasteiger partial charge in [-0.3, -0.25) is 0 Å². The van der Waals surface area contributed by atoms with Crippen LogP contribution in [0.25, 0.3) is 11.1 Å². The molecule has 2 fully saturated rings. The lowest BCUT2D eigenvalue weighted by Gasteiger charge is -2.37. The molecule has 0 amide bonds. The zero-order valence-corrected chi connectivity index (χ0v) is 17.8. The molecule has 0 heterocycles. The Morgan fingerprint density at radius 1 is 0.645 bits per heavy atom. The van der Waals surface area contributed by atoms with E-state index in [0.29, 0.717) is 11.5 Å². The van der Waals surface area contributed by atoms with E-state index >= 15 is 0 Å². The standard InChI is InChI=1S/C26H30F4.CH4.2H2/c1-15-3-6-17(7-4-15)18-8-10-19(11-9-18)20-13-14-22(26(30)24(20)28)21-12-5-16(2)23(27)25(21)29;;;/h5,12-15,17-19H,3-4,6-11H2,1-2H3;1H4;2*1H. The Balaban J connectivity index is 0.00000181. The van der Waals surface area contributed by atoms with Gasteiger partial charge in [-0.15, -0.1) is 0 Å². The number of rotatable bonds is 3. The normalized spacial score (nSPS) is 26.4. The Morgan fingerprint density at radius 3 is 1.71 bits per heavy atom. The van der Waals surface area contributed by atoms with Crippen molar-refractivity contribution in [2.24, 2.45) is 17.8 Å². The van der Waals surface area contributed by atoms with Crippen LogP contribution in [0.4, 0.5) is 17.6 Å². The predicted molar refractivity (Wildman–Crippen MR) is 123 cm³/mol. The lowest BCUT2D eigenvalue weighted by molar-refractivity contribution is 0.164. The maximum Gasteiger partial charge on any atom is 0.167 e. The molecule has 31 heavy (non-hydrogen) atoms. The largest absolute Gasteiger partial charge is 0.203 e. The Hall–Kier alpha value is -1.84. The molecule has 0 unspecified atom stereocenters. The van der Waals surface area contributed by atoms with Gasteiger partial charge in [-0.2, -0.15) is 0 Å². The average Bonchev–Trinajstić information content (AvgIpc) is 2.75. The van der Waals surface area contributed by atoms with Gasteiger partial charge >= 0.3 is 0 Å². The van der Waals surface area contributed by atoms with Crippen molar-refractivity contribution in [3.63, 3.8) is 0 Å². The van der Waals surface area contributed by atoms with Gasteiger partial charge in [0.1, 0.15) is 0 Å². The maximum atomic E-state index is 14.9. The number of aryl methyl sites for hydroxylation is 1. The van der Waals surface area contributed by atoms with Gasteiger partial charge in [-0.1, -0.05) is 51.5 Å².